The van der Waals surface area contributed by atoms with Gasteiger partial charge in [0.25, 0.3) is 0 Å². The molecule has 0 aliphatic heterocycles. The number of pyridine rings is 1. The van der Waals surface area contributed by atoms with Gasteiger partial charge in [0.1, 0.15) is 11.5 Å². The van der Waals surface area contributed by atoms with E-state index in [1.807, 2.05) is 66.9 Å². The number of thiazole rings is 1. The van der Waals surface area contributed by atoms with Crippen LogP contribution in [0.3, 0.4) is 0 Å². The molecule has 2 heterocycles. The summed E-state index contributed by atoms with van der Waals surface area (Å²) in [7, 11) is 1.63. The molecular weight excluding hydrogens is 473 g/mol. The minimum atomic E-state index is 0. The number of hydrogen-bond donors (Lipinski definition) is 1. The van der Waals surface area contributed by atoms with Crippen molar-refractivity contribution in [2.45, 2.75) is 16.7 Å². The van der Waals surface area contributed by atoms with E-state index in [0.717, 1.165) is 32.1 Å². The molecule has 0 bridgehead atoms. The van der Waals surface area contributed by atoms with Crippen LogP contribution in [0.5, 0.6) is 17.2 Å². The van der Waals surface area contributed by atoms with E-state index in [4.69, 9.17) is 21.1 Å². The van der Waals surface area contributed by atoms with Crippen LogP contribution in [0.25, 0.3) is 0 Å². The molecule has 0 saturated heterocycles. The summed E-state index contributed by atoms with van der Waals surface area (Å²) in [5.74, 6) is 2.65. The fraction of sp³-hybridized carbons (Fsp3) is 0.0909. The standard InChI is InChI=1S/C22H18ClN3O2S2.ClH/c1-14-13-29-22(25-14)26-21-19(28-15-6-4-3-5-7-15)11-17(12-24-21)30-20-10-16(27-2)8-9-18(20)23;/h3-13H,1-2H3,(H,24,25,26);1H. The molecule has 2 aromatic heterocycles. The summed E-state index contributed by atoms with van der Waals surface area (Å²) in [5.41, 5.74) is 0.952. The third-order valence-corrected chi connectivity index (χ3v) is 6.34. The second kappa shape index (κ2) is 10.7. The van der Waals surface area contributed by atoms with Gasteiger partial charge in [-0.1, -0.05) is 41.6 Å². The molecular formula is C22H19Cl2N3O2S2. The predicted octanol–water partition coefficient (Wildman–Crippen LogP) is 7.62. The van der Waals surface area contributed by atoms with Crippen LogP contribution in [0.15, 0.2) is 76.0 Å². The molecule has 0 atom stereocenters. The molecule has 0 fully saturated rings. The number of nitrogens with one attached hydrogen (secondary N) is 1. The number of benzene rings is 2. The molecule has 160 valence electrons. The van der Waals surface area contributed by atoms with Crippen molar-refractivity contribution < 1.29 is 9.47 Å². The zero-order valence-corrected chi connectivity index (χ0v) is 19.9. The number of aromatic nitrogens is 2. The van der Waals surface area contributed by atoms with Gasteiger partial charge in [-0.15, -0.1) is 23.7 Å². The summed E-state index contributed by atoms with van der Waals surface area (Å²) < 4.78 is 11.4. The Hall–Kier alpha value is -2.45. The van der Waals surface area contributed by atoms with E-state index in [1.165, 1.54) is 23.1 Å². The van der Waals surface area contributed by atoms with E-state index < -0.39 is 0 Å². The van der Waals surface area contributed by atoms with Crippen molar-refractivity contribution in [2.24, 2.45) is 0 Å². The summed E-state index contributed by atoms with van der Waals surface area (Å²) in [5, 5.41) is 6.64. The molecule has 0 amide bonds. The molecule has 0 aliphatic rings. The summed E-state index contributed by atoms with van der Waals surface area (Å²) in [6.45, 7) is 1.95. The largest absolute Gasteiger partial charge is 0.497 e. The lowest BCUT2D eigenvalue weighted by Crippen LogP contribution is -1.97. The van der Waals surface area contributed by atoms with Crippen molar-refractivity contribution in [3.05, 3.63) is 76.9 Å². The van der Waals surface area contributed by atoms with Gasteiger partial charge < -0.3 is 14.8 Å². The number of hydrogen-bond acceptors (Lipinski definition) is 7. The molecule has 0 radical (unpaired) electrons. The first-order valence-electron chi connectivity index (χ1n) is 9.04. The molecule has 4 rings (SSSR count). The summed E-state index contributed by atoms with van der Waals surface area (Å²) >= 11 is 9.38. The third kappa shape index (κ3) is 6.04. The van der Waals surface area contributed by atoms with Crippen LogP contribution >= 0.6 is 47.1 Å². The molecule has 2 aromatic carbocycles. The fourth-order valence-corrected chi connectivity index (χ4v) is 4.38. The highest BCUT2D eigenvalue weighted by atomic mass is 35.5. The molecule has 0 spiro atoms. The highest BCUT2D eigenvalue weighted by Crippen LogP contribution is 2.39. The second-order valence-electron chi connectivity index (χ2n) is 6.25. The van der Waals surface area contributed by atoms with Gasteiger partial charge in [0.05, 0.1) is 17.8 Å². The van der Waals surface area contributed by atoms with Gasteiger partial charge in [-0.25, -0.2) is 9.97 Å². The Kier molecular flexibility index (Phi) is 8.03. The van der Waals surface area contributed by atoms with Gasteiger partial charge >= 0.3 is 0 Å². The van der Waals surface area contributed by atoms with Gasteiger partial charge in [-0.2, -0.15) is 0 Å². The number of methoxy groups -OCH3 is 1. The highest BCUT2D eigenvalue weighted by molar-refractivity contribution is 7.99. The van der Waals surface area contributed by atoms with E-state index in [9.17, 15) is 0 Å². The van der Waals surface area contributed by atoms with Gasteiger partial charge in [0.15, 0.2) is 16.7 Å². The number of halogens is 2. The first-order valence-corrected chi connectivity index (χ1v) is 11.1. The number of ether oxygens (including phenoxy) is 2. The maximum Gasteiger partial charge on any atom is 0.188 e. The normalized spacial score (nSPS) is 10.3. The first-order chi connectivity index (χ1) is 14.6. The van der Waals surface area contributed by atoms with E-state index in [-0.39, 0.29) is 12.4 Å². The lowest BCUT2D eigenvalue weighted by atomic mass is 10.3. The van der Waals surface area contributed by atoms with Crippen molar-refractivity contribution in [3.8, 4) is 17.2 Å². The minimum Gasteiger partial charge on any atom is -0.497 e. The molecule has 9 heteroatoms. The van der Waals surface area contributed by atoms with E-state index in [1.54, 1.807) is 13.3 Å². The Labute approximate surface area is 200 Å². The topological polar surface area (TPSA) is 56.3 Å². The van der Waals surface area contributed by atoms with Crippen LogP contribution < -0.4 is 14.8 Å². The van der Waals surface area contributed by atoms with Gasteiger partial charge in [-0.05, 0) is 37.3 Å². The van der Waals surface area contributed by atoms with Crippen LogP contribution in [-0.2, 0) is 0 Å². The number of nitrogens with zero attached hydrogens (tertiary/aromatic N) is 2. The molecule has 31 heavy (non-hydrogen) atoms. The predicted molar refractivity (Wildman–Crippen MR) is 130 cm³/mol. The Morgan fingerprint density at radius 1 is 1.06 bits per heavy atom. The Bertz CT molecular complexity index is 1160. The van der Waals surface area contributed by atoms with Gasteiger partial charge in [0, 0.05) is 27.4 Å². The summed E-state index contributed by atoms with van der Waals surface area (Å²) in [4.78, 5) is 10.8. The summed E-state index contributed by atoms with van der Waals surface area (Å²) in [6.07, 6.45) is 1.78. The van der Waals surface area contributed by atoms with Crippen LogP contribution in [0.4, 0.5) is 10.9 Å². The third-order valence-electron chi connectivity index (χ3n) is 4.01. The molecule has 5 nitrogen and oxygen atoms in total. The lowest BCUT2D eigenvalue weighted by molar-refractivity contribution is 0.413. The average Bonchev–Trinajstić information content (AvgIpc) is 3.17. The summed E-state index contributed by atoms with van der Waals surface area (Å²) in [6, 6.07) is 17.1. The zero-order chi connectivity index (χ0) is 20.9. The van der Waals surface area contributed by atoms with Crippen LogP contribution in [0, 0.1) is 6.92 Å². The number of rotatable bonds is 7. The zero-order valence-electron chi connectivity index (χ0n) is 16.7. The lowest BCUT2D eigenvalue weighted by Gasteiger charge is -2.13. The number of anilines is 2. The van der Waals surface area contributed by atoms with E-state index in [2.05, 4.69) is 15.3 Å². The van der Waals surface area contributed by atoms with Crippen molar-refractivity contribution >= 4 is 58.1 Å². The van der Waals surface area contributed by atoms with E-state index in [0.29, 0.717) is 16.6 Å². The SMILES string of the molecule is COc1ccc(Cl)c(Sc2cnc(Nc3nc(C)cs3)c(Oc3ccccc3)c2)c1.Cl. The Balaban J connectivity index is 0.00000272. The van der Waals surface area contributed by atoms with Crippen molar-refractivity contribution in [1.29, 1.82) is 0 Å². The fourth-order valence-electron chi connectivity index (χ4n) is 2.60. The van der Waals surface area contributed by atoms with E-state index >= 15 is 0 Å². The van der Waals surface area contributed by atoms with Crippen LogP contribution in [0.2, 0.25) is 5.02 Å². The van der Waals surface area contributed by atoms with Crippen molar-refractivity contribution in [1.82, 2.24) is 9.97 Å². The van der Waals surface area contributed by atoms with Gasteiger partial charge in [-0.3, -0.25) is 0 Å². The van der Waals surface area contributed by atoms with Crippen molar-refractivity contribution in [3.63, 3.8) is 0 Å². The first kappa shape index (κ1) is 23.2. The second-order valence-corrected chi connectivity index (χ2v) is 8.63. The van der Waals surface area contributed by atoms with Crippen molar-refractivity contribution in [2.75, 3.05) is 12.4 Å². The van der Waals surface area contributed by atoms with Crippen LogP contribution in [-0.4, -0.2) is 17.1 Å². The Morgan fingerprint density at radius 3 is 2.58 bits per heavy atom. The number of para-hydroxylation sites is 1. The molecule has 4 aromatic rings. The molecule has 0 unspecified atom stereocenters. The molecule has 0 aliphatic carbocycles. The monoisotopic (exact) mass is 491 g/mol. The molecule has 1 N–H and O–H groups in total. The maximum atomic E-state index is 6.37. The highest BCUT2D eigenvalue weighted by Gasteiger charge is 2.13. The smallest absolute Gasteiger partial charge is 0.188 e. The van der Waals surface area contributed by atoms with Gasteiger partial charge in [0.2, 0.25) is 0 Å². The molecule has 0 saturated carbocycles. The Morgan fingerprint density at radius 2 is 1.87 bits per heavy atom. The van der Waals surface area contributed by atoms with Crippen LogP contribution in [0.1, 0.15) is 5.69 Å². The minimum absolute atomic E-state index is 0. The number of aryl methyl sites for hydroxylation is 1. The quantitative estimate of drug-likeness (QED) is 0.286. The maximum absolute atomic E-state index is 6.37. The average molecular weight is 492 g/mol.